The maximum absolute atomic E-state index is 3.76. The van der Waals surface area contributed by atoms with Gasteiger partial charge in [0.2, 0.25) is 0 Å². The highest BCUT2D eigenvalue weighted by molar-refractivity contribution is 7.99. The Bertz CT molecular complexity index is 192. The van der Waals surface area contributed by atoms with E-state index >= 15 is 0 Å². The largest absolute Gasteiger partial charge is 0.313 e. The Morgan fingerprint density at radius 3 is 2.75 bits per heavy atom. The van der Waals surface area contributed by atoms with Crippen molar-refractivity contribution in [3.8, 4) is 0 Å². The van der Waals surface area contributed by atoms with E-state index in [9.17, 15) is 0 Å². The van der Waals surface area contributed by atoms with Crippen LogP contribution in [0.15, 0.2) is 0 Å². The molecule has 0 aromatic rings. The summed E-state index contributed by atoms with van der Waals surface area (Å²) >= 11 is 2.05. The predicted octanol–water partition coefficient (Wildman–Crippen LogP) is 2.35. The van der Waals surface area contributed by atoms with Crippen LogP contribution >= 0.6 is 11.8 Å². The van der Waals surface area contributed by atoms with Gasteiger partial charge in [-0.25, -0.2) is 0 Å². The topological polar surface area (TPSA) is 15.3 Å². The summed E-state index contributed by atoms with van der Waals surface area (Å²) in [7, 11) is 0. The molecule has 0 bridgehead atoms. The quantitative estimate of drug-likeness (QED) is 0.720. The number of rotatable bonds is 6. The molecule has 3 heteroatoms. The highest BCUT2D eigenvalue weighted by Gasteiger charge is 2.25. The van der Waals surface area contributed by atoms with Gasteiger partial charge in [0.1, 0.15) is 0 Å². The Morgan fingerprint density at radius 2 is 2.00 bits per heavy atom. The van der Waals surface area contributed by atoms with Crippen LogP contribution in [-0.4, -0.2) is 48.6 Å². The molecule has 0 spiro atoms. The fourth-order valence-corrected chi connectivity index (χ4v) is 4.00. The molecular formula is C13H26N2S. The second kappa shape index (κ2) is 6.87. The number of likely N-dealkylation sites (tertiary alicyclic amines) is 1. The van der Waals surface area contributed by atoms with Gasteiger partial charge in [-0.2, -0.15) is 11.8 Å². The van der Waals surface area contributed by atoms with E-state index in [1.54, 1.807) is 0 Å². The first kappa shape index (κ1) is 12.7. The molecule has 1 aliphatic heterocycles. The SMILES string of the molecule is CSC1CCCC1NCCCN1CCCC1. The van der Waals surface area contributed by atoms with Gasteiger partial charge in [-0.1, -0.05) is 6.42 Å². The zero-order chi connectivity index (χ0) is 11.2. The van der Waals surface area contributed by atoms with Gasteiger partial charge >= 0.3 is 0 Å². The molecule has 2 nitrogen and oxygen atoms in total. The van der Waals surface area contributed by atoms with Crippen molar-refractivity contribution in [2.75, 3.05) is 32.4 Å². The van der Waals surface area contributed by atoms with E-state index in [1.807, 2.05) is 0 Å². The van der Waals surface area contributed by atoms with E-state index in [0.717, 1.165) is 11.3 Å². The van der Waals surface area contributed by atoms with E-state index in [0.29, 0.717) is 0 Å². The molecule has 16 heavy (non-hydrogen) atoms. The third-order valence-corrected chi connectivity index (χ3v) is 5.18. The van der Waals surface area contributed by atoms with Gasteiger partial charge in [0.25, 0.3) is 0 Å². The second-order valence-electron chi connectivity index (χ2n) is 5.17. The van der Waals surface area contributed by atoms with Crippen LogP contribution in [0.2, 0.25) is 0 Å². The summed E-state index contributed by atoms with van der Waals surface area (Å²) in [4.78, 5) is 2.61. The van der Waals surface area contributed by atoms with Crippen molar-refractivity contribution in [3.05, 3.63) is 0 Å². The van der Waals surface area contributed by atoms with Crippen molar-refractivity contribution in [2.45, 2.75) is 49.8 Å². The van der Waals surface area contributed by atoms with Crippen LogP contribution < -0.4 is 5.32 Å². The van der Waals surface area contributed by atoms with Gasteiger partial charge in [-0.15, -0.1) is 0 Å². The number of nitrogens with one attached hydrogen (secondary N) is 1. The normalized spacial score (nSPS) is 31.3. The molecule has 0 aromatic carbocycles. The maximum atomic E-state index is 3.76. The minimum Gasteiger partial charge on any atom is -0.313 e. The molecule has 94 valence electrons. The molecule has 0 aromatic heterocycles. The minimum absolute atomic E-state index is 0.800. The third kappa shape index (κ3) is 3.64. The summed E-state index contributed by atoms with van der Waals surface area (Å²) in [5.74, 6) is 0. The summed E-state index contributed by atoms with van der Waals surface area (Å²) in [5.41, 5.74) is 0. The van der Waals surface area contributed by atoms with E-state index in [1.165, 1.54) is 64.7 Å². The number of hydrogen-bond donors (Lipinski definition) is 1. The zero-order valence-electron chi connectivity index (χ0n) is 10.6. The van der Waals surface area contributed by atoms with Crippen molar-refractivity contribution < 1.29 is 0 Å². The second-order valence-corrected chi connectivity index (χ2v) is 6.24. The summed E-state index contributed by atoms with van der Waals surface area (Å²) in [5, 5.41) is 4.64. The molecule has 2 unspecified atom stereocenters. The van der Waals surface area contributed by atoms with Gasteiger partial charge in [0, 0.05) is 11.3 Å². The maximum Gasteiger partial charge on any atom is 0.0198 e. The van der Waals surface area contributed by atoms with Crippen LogP contribution in [0.4, 0.5) is 0 Å². The van der Waals surface area contributed by atoms with Crippen molar-refractivity contribution in [1.82, 2.24) is 10.2 Å². The van der Waals surface area contributed by atoms with Crippen LogP contribution in [0.25, 0.3) is 0 Å². The van der Waals surface area contributed by atoms with E-state index in [2.05, 4.69) is 28.2 Å². The van der Waals surface area contributed by atoms with Crippen molar-refractivity contribution in [3.63, 3.8) is 0 Å². The highest BCUT2D eigenvalue weighted by atomic mass is 32.2. The summed E-state index contributed by atoms with van der Waals surface area (Å²) < 4.78 is 0. The van der Waals surface area contributed by atoms with Gasteiger partial charge in [-0.05, 0) is 64.5 Å². The average Bonchev–Trinajstić information content (AvgIpc) is 2.95. The molecule has 1 N–H and O–H groups in total. The Kier molecular flexibility index (Phi) is 5.46. The summed E-state index contributed by atoms with van der Waals surface area (Å²) in [6, 6.07) is 0.800. The molecule has 1 saturated heterocycles. The lowest BCUT2D eigenvalue weighted by molar-refractivity contribution is 0.327. The first-order valence-corrected chi connectivity index (χ1v) is 8.17. The smallest absolute Gasteiger partial charge is 0.0198 e. The minimum atomic E-state index is 0.800. The molecule has 2 aliphatic rings. The van der Waals surface area contributed by atoms with Crippen LogP contribution in [0.5, 0.6) is 0 Å². The van der Waals surface area contributed by atoms with Crippen LogP contribution in [-0.2, 0) is 0 Å². The van der Waals surface area contributed by atoms with Crippen molar-refractivity contribution >= 4 is 11.8 Å². The molecule has 2 fully saturated rings. The molecule has 1 heterocycles. The lowest BCUT2D eigenvalue weighted by atomic mass is 10.2. The van der Waals surface area contributed by atoms with Gasteiger partial charge in [0.05, 0.1) is 0 Å². The average molecular weight is 242 g/mol. The van der Waals surface area contributed by atoms with Gasteiger partial charge in [-0.3, -0.25) is 0 Å². The van der Waals surface area contributed by atoms with Crippen LogP contribution in [0.3, 0.4) is 0 Å². The summed E-state index contributed by atoms with van der Waals surface area (Å²) in [6.07, 6.45) is 10.7. The Hall–Kier alpha value is 0.270. The van der Waals surface area contributed by atoms with Gasteiger partial charge < -0.3 is 10.2 Å². The van der Waals surface area contributed by atoms with Gasteiger partial charge in [0.15, 0.2) is 0 Å². The first-order chi connectivity index (χ1) is 7.90. The zero-order valence-corrected chi connectivity index (χ0v) is 11.4. The lowest BCUT2D eigenvalue weighted by Gasteiger charge is -2.20. The Balaban J connectivity index is 1.53. The lowest BCUT2D eigenvalue weighted by Crippen LogP contribution is -2.36. The predicted molar refractivity (Wildman–Crippen MR) is 73.2 cm³/mol. The highest BCUT2D eigenvalue weighted by Crippen LogP contribution is 2.28. The molecule has 2 atom stereocenters. The number of nitrogens with zero attached hydrogens (tertiary/aromatic N) is 1. The monoisotopic (exact) mass is 242 g/mol. The molecule has 1 saturated carbocycles. The standard InChI is InChI=1S/C13H26N2S/c1-16-13-7-4-6-12(13)14-8-5-11-15-9-2-3-10-15/h12-14H,2-11H2,1H3. The Morgan fingerprint density at radius 1 is 1.19 bits per heavy atom. The molecule has 0 amide bonds. The van der Waals surface area contributed by atoms with E-state index in [4.69, 9.17) is 0 Å². The first-order valence-electron chi connectivity index (χ1n) is 6.88. The number of thioether (sulfide) groups is 1. The van der Waals surface area contributed by atoms with E-state index in [-0.39, 0.29) is 0 Å². The molecule has 2 rings (SSSR count). The van der Waals surface area contributed by atoms with E-state index < -0.39 is 0 Å². The fraction of sp³-hybridized carbons (Fsp3) is 1.00. The third-order valence-electron chi connectivity index (χ3n) is 4.01. The molecule has 1 aliphatic carbocycles. The fourth-order valence-electron chi connectivity index (χ4n) is 3.04. The summed E-state index contributed by atoms with van der Waals surface area (Å²) in [6.45, 7) is 5.22. The molecular weight excluding hydrogens is 216 g/mol. The van der Waals surface area contributed by atoms with Crippen LogP contribution in [0, 0.1) is 0 Å². The van der Waals surface area contributed by atoms with Crippen molar-refractivity contribution in [2.24, 2.45) is 0 Å². The Labute approximate surface area is 105 Å². The van der Waals surface area contributed by atoms with Crippen molar-refractivity contribution in [1.29, 1.82) is 0 Å². The molecule has 0 radical (unpaired) electrons. The van der Waals surface area contributed by atoms with Crippen LogP contribution in [0.1, 0.15) is 38.5 Å². The number of hydrogen-bond acceptors (Lipinski definition) is 3.